The van der Waals surface area contributed by atoms with Gasteiger partial charge < -0.3 is 15.1 Å². The van der Waals surface area contributed by atoms with Gasteiger partial charge in [-0.2, -0.15) is 0 Å². The van der Waals surface area contributed by atoms with Gasteiger partial charge in [-0.1, -0.05) is 157 Å². The molecule has 11 rings (SSSR count). The van der Waals surface area contributed by atoms with E-state index in [1.807, 2.05) is 0 Å². The van der Waals surface area contributed by atoms with Crippen LogP contribution in [0.3, 0.4) is 0 Å². The van der Waals surface area contributed by atoms with Crippen LogP contribution in [0.5, 0.6) is 0 Å². The second kappa shape index (κ2) is 16.1. The fourth-order valence-electron chi connectivity index (χ4n) is 10.2. The predicted octanol–water partition coefficient (Wildman–Crippen LogP) is 13.7. The first-order chi connectivity index (χ1) is 32.7. The first kappa shape index (κ1) is 43.2. The number of fused-ring (bicyclic) bond motifs is 6. The van der Waals surface area contributed by atoms with Crippen molar-refractivity contribution in [1.29, 1.82) is 0 Å². The molecular weight excluding hydrogens is 826 g/mol. The largest absolute Gasteiger partial charge is 0.355 e. The maximum atomic E-state index is 5.34. The average Bonchev–Trinajstić information content (AvgIpc) is 3.67. The van der Waals surface area contributed by atoms with Crippen LogP contribution in [0.2, 0.25) is 0 Å². The highest BCUT2D eigenvalue weighted by atomic mass is 15.3. The molecule has 5 nitrogen and oxygen atoms in total. The van der Waals surface area contributed by atoms with Crippen molar-refractivity contribution in [3.63, 3.8) is 0 Å². The highest BCUT2D eigenvalue weighted by molar-refractivity contribution is 6.70. The number of rotatable bonds is 6. The first-order valence-electron chi connectivity index (χ1n) is 23.9. The summed E-state index contributed by atoms with van der Waals surface area (Å²) in [6, 6.07) is 70.4. The van der Waals surface area contributed by atoms with Crippen LogP contribution >= 0.6 is 0 Å². The van der Waals surface area contributed by atoms with Crippen LogP contribution in [-0.2, 0) is 0 Å². The number of benzene rings is 8. The third-order valence-corrected chi connectivity index (χ3v) is 15.4. The summed E-state index contributed by atoms with van der Waals surface area (Å²) in [6.07, 6.45) is 0. The van der Waals surface area contributed by atoms with E-state index in [0.717, 1.165) is 78.9 Å². The molecule has 1 N–H and O–H groups in total. The summed E-state index contributed by atoms with van der Waals surface area (Å²) in [5.74, 6) is 2.00. The molecule has 68 heavy (non-hydrogen) atoms. The van der Waals surface area contributed by atoms with Crippen LogP contribution in [0.25, 0.3) is 44.5 Å². The smallest absolute Gasteiger partial charge is 0.193 e. The maximum Gasteiger partial charge on any atom is 0.193 e. The predicted molar refractivity (Wildman–Crippen MR) is 290 cm³/mol. The Morgan fingerprint density at radius 3 is 1.09 bits per heavy atom. The molecule has 1 radical (unpaired) electrons. The fourth-order valence-corrected chi connectivity index (χ4v) is 10.2. The lowest BCUT2D eigenvalue weighted by Crippen LogP contribution is -2.53. The van der Waals surface area contributed by atoms with E-state index in [-0.39, 0.29) is 22.2 Å². The topological polar surface area (TPSA) is 43.2 Å². The summed E-state index contributed by atoms with van der Waals surface area (Å²) in [7, 11) is 2.35. The third-order valence-electron chi connectivity index (χ3n) is 15.4. The van der Waals surface area contributed by atoms with E-state index >= 15 is 0 Å². The highest BCUT2D eigenvalue weighted by Crippen LogP contribution is 2.45. The van der Waals surface area contributed by atoms with E-state index in [2.05, 4.69) is 272 Å². The highest BCUT2D eigenvalue weighted by Gasteiger charge is 2.51. The van der Waals surface area contributed by atoms with E-state index in [4.69, 9.17) is 9.98 Å². The zero-order valence-corrected chi connectivity index (χ0v) is 40.3. The average molecular weight is 883 g/mol. The molecule has 0 spiro atoms. The Morgan fingerprint density at radius 2 is 0.691 bits per heavy atom. The SMILES string of the molecule is CC1(C)N=C(c2ccc(-c3ccc4c(c3)-c3ccccc3[B]c3ccccc3-c3cc(-c5ccc(C6=NC(C)(C)C(C)(C)N6c6ccccc6)cc5)ccc3N4)cc2)N(c2ccccc2)C1(C)C. The molecule has 333 valence electrons. The number of anilines is 4. The Labute approximate surface area is 403 Å². The Bertz CT molecular complexity index is 3050. The minimum atomic E-state index is -0.277. The van der Waals surface area contributed by atoms with E-state index < -0.39 is 0 Å². The normalized spacial score (nSPS) is 17.1. The Hall–Kier alpha value is -7.44. The Kier molecular flexibility index (Phi) is 10.2. The second-order valence-corrected chi connectivity index (χ2v) is 20.6. The number of hydrogen-bond acceptors (Lipinski definition) is 5. The molecular formula is C62H57BN5. The maximum absolute atomic E-state index is 5.34. The summed E-state index contributed by atoms with van der Waals surface area (Å²) >= 11 is 0. The van der Waals surface area contributed by atoms with Gasteiger partial charge in [-0.3, -0.25) is 9.98 Å². The molecule has 8 aromatic rings. The van der Waals surface area contributed by atoms with Crippen LogP contribution < -0.4 is 26.0 Å². The van der Waals surface area contributed by atoms with E-state index in [0.29, 0.717) is 0 Å². The number of aliphatic imine (C=N–C) groups is 2. The summed E-state index contributed by atoms with van der Waals surface area (Å²) in [6.45, 7) is 18.1. The first-order valence-corrected chi connectivity index (χ1v) is 23.9. The molecule has 0 aliphatic carbocycles. The third kappa shape index (κ3) is 7.17. The van der Waals surface area contributed by atoms with Crippen LogP contribution in [0.1, 0.15) is 66.5 Å². The summed E-state index contributed by atoms with van der Waals surface area (Å²) in [4.78, 5) is 15.5. The Morgan fingerprint density at radius 1 is 0.353 bits per heavy atom. The molecule has 0 saturated carbocycles. The van der Waals surface area contributed by atoms with Crippen molar-refractivity contribution >= 4 is 52.6 Å². The molecule has 0 amide bonds. The zero-order valence-electron chi connectivity index (χ0n) is 40.3. The molecule has 0 bridgehead atoms. The van der Waals surface area contributed by atoms with Gasteiger partial charge in [0.25, 0.3) is 0 Å². The lowest BCUT2D eigenvalue weighted by atomic mass is 9.59. The van der Waals surface area contributed by atoms with Gasteiger partial charge in [0.15, 0.2) is 7.28 Å². The number of amidine groups is 2. The van der Waals surface area contributed by atoms with E-state index in [1.165, 1.54) is 22.1 Å². The molecule has 0 fully saturated rings. The van der Waals surface area contributed by atoms with Gasteiger partial charge in [0.1, 0.15) is 11.7 Å². The van der Waals surface area contributed by atoms with Gasteiger partial charge >= 0.3 is 0 Å². The molecule has 8 aromatic carbocycles. The van der Waals surface area contributed by atoms with Crippen molar-refractivity contribution in [2.24, 2.45) is 9.98 Å². The second-order valence-electron chi connectivity index (χ2n) is 20.6. The molecule has 0 unspecified atom stereocenters. The van der Waals surface area contributed by atoms with E-state index in [1.54, 1.807) is 0 Å². The van der Waals surface area contributed by atoms with Gasteiger partial charge in [-0.15, -0.1) is 0 Å². The monoisotopic (exact) mass is 882 g/mol. The summed E-state index contributed by atoms with van der Waals surface area (Å²) in [5.41, 5.74) is 17.2. The minimum absolute atomic E-state index is 0.216. The van der Waals surface area contributed by atoms with Gasteiger partial charge in [0.2, 0.25) is 0 Å². The molecule has 6 heteroatoms. The fraction of sp³-hybridized carbons (Fsp3) is 0.194. The van der Waals surface area contributed by atoms with Crippen LogP contribution in [0, 0.1) is 0 Å². The van der Waals surface area contributed by atoms with Crippen LogP contribution in [0.4, 0.5) is 22.7 Å². The number of para-hydroxylation sites is 2. The summed E-state index contributed by atoms with van der Waals surface area (Å²) in [5, 5.41) is 3.96. The Balaban J connectivity index is 0.953. The van der Waals surface area contributed by atoms with Crippen molar-refractivity contribution in [3.05, 3.63) is 205 Å². The quantitative estimate of drug-likeness (QED) is 0.169. The van der Waals surface area contributed by atoms with Gasteiger partial charge in [0, 0.05) is 45.0 Å². The number of hydrogen-bond donors (Lipinski definition) is 1. The van der Waals surface area contributed by atoms with Gasteiger partial charge in [-0.05, 0) is 137 Å². The lowest BCUT2D eigenvalue weighted by Gasteiger charge is -2.41. The van der Waals surface area contributed by atoms with Crippen molar-refractivity contribution < 1.29 is 0 Å². The zero-order chi connectivity index (χ0) is 47.0. The van der Waals surface area contributed by atoms with Crippen molar-refractivity contribution in [1.82, 2.24) is 0 Å². The van der Waals surface area contributed by atoms with Gasteiger partial charge in [0.05, 0.1) is 22.2 Å². The molecule has 0 atom stereocenters. The van der Waals surface area contributed by atoms with Crippen molar-refractivity contribution in [2.45, 2.75) is 77.5 Å². The molecule has 0 saturated heterocycles. The molecule has 3 heterocycles. The van der Waals surface area contributed by atoms with Crippen molar-refractivity contribution in [3.8, 4) is 44.5 Å². The number of nitrogens with one attached hydrogen (secondary N) is 1. The van der Waals surface area contributed by atoms with Crippen LogP contribution in [0.15, 0.2) is 204 Å². The number of nitrogens with zero attached hydrogens (tertiary/aromatic N) is 4. The molecule has 3 aliphatic heterocycles. The van der Waals surface area contributed by atoms with Crippen molar-refractivity contribution in [2.75, 3.05) is 15.1 Å². The minimum Gasteiger partial charge on any atom is -0.355 e. The molecule has 3 aliphatic rings. The molecule has 0 aromatic heterocycles. The summed E-state index contributed by atoms with van der Waals surface area (Å²) < 4.78 is 0. The van der Waals surface area contributed by atoms with Crippen LogP contribution in [-0.4, -0.2) is 41.1 Å². The van der Waals surface area contributed by atoms with E-state index in [9.17, 15) is 0 Å². The van der Waals surface area contributed by atoms with Gasteiger partial charge in [-0.25, -0.2) is 0 Å². The standard InChI is InChI=1S/C62H57BN5/c1-59(2)61(5,6)67(47-19-11-9-12-20-47)57(65-59)43-31-27-41(28-32-43)45-35-37-55-51(39-45)49-23-15-17-25-53(49)63-54-26-18-16-24-50(54)52-40-46(36-38-56(52)64-55)42-29-33-44(34-30-42)58-66-60(3,4)62(7,8)68(58)48-21-13-10-14-22-48/h9-40,64H,1-8H3. The lowest BCUT2D eigenvalue weighted by molar-refractivity contribution is 0.338.